The quantitative estimate of drug-likeness (QED) is 0.215. The number of nitrogens with two attached hydrogens (primary N) is 1. The van der Waals surface area contributed by atoms with Crippen molar-refractivity contribution in [3.63, 3.8) is 0 Å². The van der Waals surface area contributed by atoms with Crippen LogP contribution >= 0.6 is 11.6 Å². The van der Waals surface area contributed by atoms with Crippen LogP contribution in [-0.4, -0.2) is 12.8 Å². The Morgan fingerprint density at radius 2 is 1.41 bits per heavy atom. The van der Waals surface area contributed by atoms with Gasteiger partial charge in [0.05, 0.1) is 10.7 Å². The molecule has 0 radical (unpaired) electrons. The highest BCUT2D eigenvalue weighted by Gasteiger charge is 2.54. The van der Waals surface area contributed by atoms with E-state index >= 15 is 0 Å². The Balaban J connectivity index is 2.46. The average molecular weight is 440 g/mol. The molecule has 0 fully saturated rings. The van der Waals surface area contributed by atoms with E-state index in [1.807, 2.05) is 0 Å². The third-order valence-electron chi connectivity index (χ3n) is 5.13. The molecule has 1 rings (SSSR count). The van der Waals surface area contributed by atoms with Crippen LogP contribution in [0.2, 0.25) is 5.02 Å². The summed E-state index contributed by atoms with van der Waals surface area (Å²) < 4.78 is 60.0. The second kappa shape index (κ2) is 10.9. The van der Waals surface area contributed by atoms with Gasteiger partial charge in [-0.15, -0.1) is 0 Å². The van der Waals surface area contributed by atoms with Crippen molar-refractivity contribution in [1.82, 2.24) is 0 Å². The lowest BCUT2D eigenvalue weighted by atomic mass is 9.89. The molecule has 0 amide bonds. The van der Waals surface area contributed by atoms with Gasteiger partial charge in [0.15, 0.2) is 5.60 Å². The SMILES string of the molecule is CC(C)(C)CCCCCCCCCOC(C)(c1cc(F)c(N)c(Cl)c1)C(F)(F)F. The maximum Gasteiger partial charge on any atom is 0.421 e. The maximum atomic E-state index is 13.8. The summed E-state index contributed by atoms with van der Waals surface area (Å²) >= 11 is 5.77. The van der Waals surface area contributed by atoms with Crippen LogP contribution in [0.4, 0.5) is 23.2 Å². The molecule has 2 N–H and O–H groups in total. The van der Waals surface area contributed by atoms with E-state index in [0.29, 0.717) is 11.8 Å². The molecule has 0 saturated carbocycles. The lowest BCUT2D eigenvalue weighted by Crippen LogP contribution is -2.42. The van der Waals surface area contributed by atoms with Crippen LogP contribution in [0.5, 0.6) is 0 Å². The van der Waals surface area contributed by atoms with Crippen molar-refractivity contribution >= 4 is 17.3 Å². The molecule has 1 unspecified atom stereocenters. The van der Waals surface area contributed by atoms with E-state index in [4.69, 9.17) is 22.1 Å². The van der Waals surface area contributed by atoms with Crippen molar-refractivity contribution in [3.05, 3.63) is 28.5 Å². The summed E-state index contributed by atoms with van der Waals surface area (Å²) in [5.74, 6) is -0.988. The molecule has 7 heteroatoms. The Labute approximate surface area is 177 Å². The van der Waals surface area contributed by atoms with E-state index < -0.39 is 17.6 Å². The molecule has 1 atom stereocenters. The summed E-state index contributed by atoms with van der Waals surface area (Å²) in [6, 6.07) is 1.76. The van der Waals surface area contributed by atoms with Gasteiger partial charge in [0.1, 0.15) is 5.82 Å². The zero-order chi connectivity index (χ0) is 22.3. The minimum atomic E-state index is -4.72. The predicted molar refractivity (Wildman–Crippen MR) is 112 cm³/mol. The van der Waals surface area contributed by atoms with Crippen molar-refractivity contribution in [2.45, 2.75) is 90.8 Å². The first-order valence-electron chi connectivity index (χ1n) is 10.2. The largest absolute Gasteiger partial charge is 0.421 e. The van der Waals surface area contributed by atoms with Crippen LogP contribution in [0, 0.1) is 11.2 Å². The van der Waals surface area contributed by atoms with E-state index in [2.05, 4.69) is 20.8 Å². The fourth-order valence-electron chi connectivity index (χ4n) is 3.11. The van der Waals surface area contributed by atoms with Gasteiger partial charge in [-0.1, -0.05) is 70.9 Å². The van der Waals surface area contributed by atoms with Crippen LogP contribution in [0.1, 0.15) is 84.6 Å². The molecule has 1 aromatic carbocycles. The Hall–Kier alpha value is -1.01. The first-order valence-corrected chi connectivity index (χ1v) is 10.6. The van der Waals surface area contributed by atoms with E-state index in [-0.39, 0.29) is 22.9 Å². The predicted octanol–water partition coefficient (Wildman–Crippen LogP) is 8.02. The molecule has 0 spiro atoms. The zero-order valence-electron chi connectivity index (χ0n) is 17.9. The summed E-state index contributed by atoms with van der Waals surface area (Å²) in [4.78, 5) is 0. The van der Waals surface area contributed by atoms with Gasteiger partial charge >= 0.3 is 6.18 Å². The topological polar surface area (TPSA) is 35.2 Å². The minimum Gasteiger partial charge on any atom is -0.395 e. The van der Waals surface area contributed by atoms with Crippen LogP contribution < -0.4 is 5.73 Å². The highest BCUT2D eigenvalue weighted by atomic mass is 35.5. The molecular formula is C22H34ClF4NO. The first-order chi connectivity index (χ1) is 13.3. The molecule has 0 aliphatic heterocycles. The lowest BCUT2D eigenvalue weighted by molar-refractivity contribution is -0.278. The smallest absolute Gasteiger partial charge is 0.395 e. The Kier molecular flexibility index (Phi) is 9.74. The minimum absolute atomic E-state index is 0.0658. The maximum absolute atomic E-state index is 13.8. The van der Waals surface area contributed by atoms with Gasteiger partial charge in [-0.2, -0.15) is 13.2 Å². The summed E-state index contributed by atoms with van der Waals surface area (Å²) in [5.41, 5.74) is 2.35. The van der Waals surface area contributed by atoms with Crippen molar-refractivity contribution in [2.24, 2.45) is 5.41 Å². The highest BCUT2D eigenvalue weighted by Crippen LogP contribution is 2.43. The Morgan fingerprint density at radius 1 is 0.897 bits per heavy atom. The van der Waals surface area contributed by atoms with E-state index in [0.717, 1.165) is 44.7 Å². The van der Waals surface area contributed by atoms with Gasteiger partial charge in [-0.3, -0.25) is 0 Å². The van der Waals surface area contributed by atoms with E-state index in [1.54, 1.807) is 0 Å². The number of unbranched alkanes of at least 4 members (excludes halogenated alkanes) is 6. The van der Waals surface area contributed by atoms with Gasteiger partial charge in [0, 0.05) is 6.61 Å². The molecule has 0 aromatic heterocycles. The molecule has 0 aliphatic carbocycles. The van der Waals surface area contributed by atoms with Crippen molar-refractivity contribution in [1.29, 1.82) is 0 Å². The lowest BCUT2D eigenvalue weighted by Gasteiger charge is -2.33. The molecule has 0 heterocycles. The van der Waals surface area contributed by atoms with Gasteiger partial charge in [-0.25, -0.2) is 4.39 Å². The number of nitrogen functional groups attached to an aromatic ring is 1. The third-order valence-corrected chi connectivity index (χ3v) is 5.45. The molecule has 0 saturated heterocycles. The molecule has 0 bridgehead atoms. The Bertz CT molecular complexity index is 620. The number of rotatable bonds is 11. The summed E-state index contributed by atoms with van der Waals surface area (Å²) in [7, 11) is 0. The van der Waals surface area contributed by atoms with Crippen LogP contribution in [-0.2, 0) is 10.3 Å². The van der Waals surface area contributed by atoms with Gasteiger partial charge in [0.25, 0.3) is 0 Å². The average Bonchev–Trinajstić information content (AvgIpc) is 2.58. The third kappa shape index (κ3) is 8.33. The van der Waals surface area contributed by atoms with Crippen molar-refractivity contribution in [2.75, 3.05) is 12.3 Å². The monoisotopic (exact) mass is 439 g/mol. The van der Waals surface area contributed by atoms with Crippen molar-refractivity contribution < 1.29 is 22.3 Å². The van der Waals surface area contributed by atoms with Crippen LogP contribution in [0.15, 0.2) is 12.1 Å². The normalized spacial score (nSPS) is 14.8. The summed E-state index contributed by atoms with van der Waals surface area (Å²) in [6.07, 6.45) is 3.35. The van der Waals surface area contributed by atoms with Gasteiger partial charge < -0.3 is 10.5 Å². The number of alkyl halides is 3. The number of ether oxygens (including phenoxy) is 1. The molecule has 0 aliphatic rings. The second-order valence-electron chi connectivity index (χ2n) is 9.02. The molecular weight excluding hydrogens is 406 g/mol. The molecule has 168 valence electrons. The summed E-state index contributed by atoms with van der Waals surface area (Å²) in [5, 5.41) is -0.259. The number of halogens is 5. The van der Waals surface area contributed by atoms with Crippen LogP contribution in [0.25, 0.3) is 0 Å². The fourth-order valence-corrected chi connectivity index (χ4v) is 3.31. The van der Waals surface area contributed by atoms with Gasteiger partial charge in [0.2, 0.25) is 0 Å². The first kappa shape index (κ1) is 26.0. The standard InChI is InChI=1S/C22H34ClF4NO/c1-20(2,3)12-10-8-6-5-7-9-11-13-29-21(4,22(25,26)27)16-14-17(23)19(28)18(24)15-16/h14-15H,5-13,28H2,1-4H3. The Morgan fingerprint density at radius 3 is 1.90 bits per heavy atom. The fraction of sp³-hybridized carbons (Fsp3) is 0.727. The van der Waals surface area contributed by atoms with Crippen molar-refractivity contribution in [3.8, 4) is 0 Å². The number of hydrogen-bond donors (Lipinski definition) is 1. The molecule has 29 heavy (non-hydrogen) atoms. The number of hydrogen-bond acceptors (Lipinski definition) is 2. The zero-order valence-corrected chi connectivity index (χ0v) is 18.7. The van der Waals surface area contributed by atoms with Gasteiger partial charge in [-0.05, 0) is 42.9 Å². The highest BCUT2D eigenvalue weighted by molar-refractivity contribution is 6.33. The number of benzene rings is 1. The van der Waals surface area contributed by atoms with E-state index in [9.17, 15) is 17.6 Å². The molecule has 2 nitrogen and oxygen atoms in total. The van der Waals surface area contributed by atoms with E-state index in [1.165, 1.54) is 19.3 Å². The summed E-state index contributed by atoms with van der Waals surface area (Å²) in [6.45, 7) is 7.52. The number of anilines is 1. The second-order valence-corrected chi connectivity index (χ2v) is 9.43. The van der Waals surface area contributed by atoms with Crippen LogP contribution in [0.3, 0.4) is 0 Å². The molecule has 1 aromatic rings.